The minimum atomic E-state index is 1.23. The highest BCUT2D eigenvalue weighted by Gasteiger charge is 2.32. The highest BCUT2D eigenvalue weighted by Crippen LogP contribution is 2.60. The molecule has 0 aliphatic heterocycles. The maximum absolute atomic E-state index is 2.43. The fourth-order valence-corrected chi connectivity index (χ4v) is 9.62. The van der Waals surface area contributed by atoms with Gasteiger partial charge in [-0.3, -0.25) is 0 Å². The Morgan fingerprint density at radius 2 is 0.750 bits per heavy atom. The van der Waals surface area contributed by atoms with Gasteiger partial charge in [0.05, 0.1) is 0 Å². The fourth-order valence-electron chi connectivity index (χ4n) is 9.62. The average Bonchev–Trinajstić information content (AvgIpc) is 3.55. The van der Waals surface area contributed by atoms with Crippen molar-refractivity contribution in [3.05, 3.63) is 182 Å². The van der Waals surface area contributed by atoms with Crippen molar-refractivity contribution in [3.63, 3.8) is 0 Å². The van der Waals surface area contributed by atoms with Crippen molar-refractivity contribution >= 4 is 64.6 Å². The van der Waals surface area contributed by atoms with Crippen molar-refractivity contribution in [2.24, 2.45) is 0 Å². The van der Waals surface area contributed by atoms with Gasteiger partial charge in [-0.05, 0) is 126 Å². The molecule has 11 aromatic carbocycles. The molecule has 52 heavy (non-hydrogen) atoms. The Labute approximate surface area is 301 Å². The Morgan fingerprint density at radius 3 is 1.48 bits per heavy atom. The van der Waals surface area contributed by atoms with Crippen LogP contribution in [0, 0.1) is 0 Å². The van der Waals surface area contributed by atoms with E-state index in [-0.39, 0.29) is 0 Å². The molecule has 0 fully saturated rings. The van der Waals surface area contributed by atoms with Gasteiger partial charge in [-0.25, -0.2) is 0 Å². The van der Waals surface area contributed by atoms with Crippen LogP contribution in [-0.4, -0.2) is 0 Å². The second-order valence-corrected chi connectivity index (χ2v) is 14.3. The summed E-state index contributed by atoms with van der Waals surface area (Å²) in [5, 5.41) is 15.8. The van der Waals surface area contributed by atoms with Crippen molar-refractivity contribution < 1.29 is 0 Å². The lowest BCUT2D eigenvalue weighted by Gasteiger charge is -2.22. The molecule has 0 amide bonds. The zero-order valence-electron chi connectivity index (χ0n) is 28.3. The molecule has 0 unspecified atom stereocenters. The van der Waals surface area contributed by atoms with Crippen LogP contribution in [0.4, 0.5) is 0 Å². The first-order valence-corrected chi connectivity index (χ1v) is 18.2. The van der Waals surface area contributed by atoms with Crippen LogP contribution < -0.4 is 0 Å². The molecular formula is C52H30. The standard InChI is InChI=1S/C52H30/c1-2-13-32(14-3-1)36-18-6-7-19-37(36)49-41-21-9-8-20-40(41)47(35-25-24-31-12-4-5-15-34(31)30-35)51-44-28-26-42-38-22-10-16-33-17-11-23-39(46(33)38)43-27-29-45(52(49)51)50(44)48(42)43/h1-30H. The zero-order chi connectivity index (χ0) is 33.9. The lowest BCUT2D eigenvalue weighted by molar-refractivity contribution is 1.59. The van der Waals surface area contributed by atoms with Crippen LogP contribution in [0.2, 0.25) is 0 Å². The lowest BCUT2D eigenvalue weighted by Crippen LogP contribution is -1.95. The van der Waals surface area contributed by atoms with Gasteiger partial charge < -0.3 is 0 Å². The van der Waals surface area contributed by atoms with Crippen LogP contribution in [0.25, 0.3) is 120 Å². The molecule has 238 valence electrons. The summed E-state index contributed by atoms with van der Waals surface area (Å²) in [6.07, 6.45) is 0. The fraction of sp³-hybridized carbons (Fsp3) is 0. The topological polar surface area (TPSA) is 0 Å². The summed E-state index contributed by atoms with van der Waals surface area (Å²) in [6, 6.07) is 68.0. The third-order valence-corrected chi connectivity index (χ3v) is 11.7. The minimum Gasteiger partial charge on any atom is -0.0622 e. The van der Waals surface area contributed by atoms with E-state index in [4.69, 9.17) is 0 Å². The predicted molar refractivity (Wildman–Crippen MR) is 223 cm³/mol. The summed E-state index contributed by atoms with van der Waals surface area (Å²) in [5.74, 6) is 0. The maximum atomic E-state index is 2.43. The molecule has 0 nitrogen and oxygen atoms in total. The smallest absolute Gasteiger partial charge is 0.000718 e. The van der Waals surface area contributed by atoms with Gasteiger partial charge in [0.2, 0.25) is 0 Å². The van der Waals surface area contributed by atoms with Crippen LogP contribution in [0.15, 0.2) is 182 Å². The number of fused-ring (bicyclic) bond motifs is 7. The number of hydrogen-bond acceptors (Lipinski definition) is 0. The number of hydrogen-bond donors (Lipinski definition) is 0. The Kier molecular flexibility index (Phi) is 5.59. The van der Waals surface area contributed by atoms with Gasteiger partial charge in [-0.2, -0.15) is 0 Å². The first-order valence-electron chi connectivity index (χ1n) is 18.2. The van der Waals surface area contributed by atoms with Crippen LogP contribution in [-0.2, 0) is 0 Å². The highest BCUT2D eigenvalue weighted by atomic mass is 14.3. The van der Waals surface area contributed by atoms with Gasteiger partial charge in [-0.15, -0.1) is 0 Å². The molecule has 0 heteroatoms. The molecule has 0 spiro atoms. The van der Waals surface area contributed by atoms with Gasteiger partial charge in [0, 0.05) is 0 Å². The molecule has 0 saturated heterocycles. The third-order valence-electron chi connectivity index (χ3n) is 11.7. The molecule has 0 saturated carbocycles. The van der Waals surface area contributed by atoms with Gasteiger partial charge in [0.15, 0.2) is 0 Å². The number of benzene rings is 11. The molecular weight excluding hydrogens is 625 g/mol. The Morgan fingerprint density at radius 1 is 0.212 bits per heavy atom. The summed E-state index contributed by atoms with van der Waals surface area (Å²) in [7, 11) is 0. The quantitative estimate of drug-likeness (QED) is 0.131. The van der Waals surface area contributed by atoms with Crippen molar-refractivity contribution in [1.82, 2.24) is 0 Å². The maximum Gasteiger partial charge on any atom is -0.000718 e. The molecule has 0 heterocycles. The second kappa shape index (κ2) is 10.4. The Bertz CT molecular complexity index is 3220. The summed E-state index contributed by atoms with van der Waals surface area (Å²) in [4.78, 5) is 0. The first kappa shape index (κ1) is 28.0. The molecule has 0 bridgehead atoms. The number of rotatable bonds is 3. The van der Waals surface area contributed by atoms with Crippen molar-refractivity contribution in [2.75, 3.05) is 0 Å². The second-order valence-electron chi connectivity index (χ2n) is 14.3. The summed E-state index contributed by atoms with van der Waals surface area (Å²) < 4.78 is 0. The molecule has 0 N–H and O–H groups in total. The molecule has 1 aliphatic rings. The van der Waals surface area contributed by atoms with Gasteiger partial charge in [-0.1, -0.05) is 176 Å². The van der Waals surface area contributed by atoms with E-state index in [1.807, 2.05) is 0 Å². The van der Waals surface area contributed by atoms with Crippen LogP contribution in [0.1, 0.15) is 0 Å². The van der Waals surface area contributed by atoms with Crippen molar-refractivity contribution in [1.29, 1.82) is 0 Å². The Balaban J connectivity index is 1.30. The van der Waals surface area contributed by atoms with Gasteiger partial charge in [0.1, 0.15) is 0 Å². The van der Waals surface area contributed by atoms with Gasteiger partial charge in [0.25, 0.3) is 0 Å². The molecule has 0 aromatic heterocycles. The van der Waals surface area contributed by atoms with E-state index >= 15 is 0 Å². The first-order chi connectivity index (χ1) is 25.8. The Hall–Kier alpha value is -6.76. The van der Waals surface area contributed by atoms with Gasteiger partial charge >= 0.3 is 0 Å². The largest absolute Gasteiger partial charge is 0.0622 e. The molecule has 0 atom stereocenters. The SMILES string of the molecule is c1ccc(-c2ccccc2-c2c3c(c(-c4ccc5ccccc5c4)c4ccccc24)-c2ccc4c5cccc6cccc(c7ccc-3c2c47)c65)cc1. The lowest BCUT2D eigenvalue weighted by atomic mass is 9.80. The van der Waals surface area contributed by atoms with E-state index in [2.05, 4.69) is 182 Å². The monoisotopic (exact) mass is 654 g/mol. The third kappa shape index (κ3) is 3.66. The van der Waals surface area contributed by atoms with Crippen LogP contribution >= 0.6 is 0 Å². The zero-order valence-corrected chi connectivity index (χ0v) is 28.3. The van der Waals surface area contributed by atoms with E-state index in [1.54, 1.807) is 0 Å². The van der Waals surface area contributed by atoms with E-state index in [9.17, 15) is 0 Å². The molecule has 11 aromatic rings. The highest BCUT2D eigenvalue weighted by molar-refractivity contribution is 6.39. The molecule has 1 aliphatic carbocycles. The van der Waals surface area contributed by atoms with E-state index in [0.717, 1.165) is 0 Å². The van der Waals surface area contributed by atoms with Crippen LogP contribution in [0.5, 0.6) is 0 Å². The molecule has 0 radical (unpaired) electrons. The minimum absolute atomic E-state index is 1.23. The van der Waals surface area contributed by atoms with E-state index in [0.29, 0.717) is 0 Å². The summed E-state index contributed by atoms with van der Waals surface area (Å²) in [6.45, 7) is 0. The predicted octanol–water partition coefficient (Wildman–Crippen LogP) is 14.7. The summed E-state index contributed by atoms with van der Waals surface area (Å²) >= 11 is 0. The van der Waals surface area contributed by atoms with E-state index in [1.165, 1.54) is 120 Å². The molecule has 12 rings (SSSR count). The van der Waals surface area contributed by atoms with Crippen molar-refractivity contribution in [2.45, 2.75) is 0 Å². The van der Waals surface area contributed by atoms with E-state index < -0.39 is 0 Å². The average molecular weight is 655 g/mol. The summed E-state index contributed by atoms with van der Waals surface area (Å²) in [5.41, 5.74) is 12.9. The normalized spacial score (nSPS) is 12.2. The van der Waals surface area contributed by atoms with Crippen LogP contribution in [0.3, 0.4) is 0 Å². The van der Waals surface area contributed by atoms with Crippen molar-refractivity contribution in [3.8, 4) is 55.6 Å².